The first-order chi connectivity index (χ1) is 7.46. The van der Waals surface area contributed by atoms with E-state index in [0.29, 0.717) is 5.69 Å². The maximum atomic E-state index is 11.0. The normalized spacial score (nSPS) is 11.2. The number of carbonyl (C=O) groups is 1. The zero-order valence-corrected chi connectivity index (χ0v) is 9.95. The molecule has 88 valence electrons. The van der Waals surface area contributed by atoms with E-state index in [1.807, 2.05) is 0 Å². The zero-order valence-electron chi connectivity index (χ0n) is 9.95. The van der Waals surface area contributed by atoms with Crippen molar-refractivity contribution in [1.29, 1.82) is 0 Å². The van der Waals surface area contributed by atoms with Crippen LogP contribution in [0.1, 0.15) is 44.0 Å². The summed E-state index contributed by atoms with van der Waals surface area (Å²) in [4.78, 5) is 14.8. The van der Waals surface area contributed by atoms with Crippen molar-refractivity contribution in [2.24, 2.45) is 0 Å². The van der Waals surface area contributed by atoms with Gasteiger partial charge >= 0.3 is 5.97 Å². The Hall–Kier alpha value is -1.58. The van der Waals surface area contributed by atoms with Crippen molar-refractivity contribution in [3.05, 3.63) is 24.0 Å². The molecule has 0 atom stereocenters. The number of hydrogen-bond donors (Lipinski definition) is 2. The first-order valence-corrected chi connectivity index (χ1v) is 5.42. The number of carboxylic acids is 1. The lowest BCUT2D eigenvalue weighted by Gasteiger charge is -2.27. The quantitative estimate of drug-likeness (QED) is 0.804. The molecule has 0 aromatic carbocycles. The van der Waals surface area contributed by atoms with Gasteiger partial charge in [-0.2, -0.15) is 0 Å². The second-order valence-corrected chi connectivity index (χ2v) is 4.49. The Bertz CT molecular complexity index is 375. The van der Waals surface area contributed by atoms with Crippen LogP contribution in [0.5, 0.6) is 0 Å². The minimum absolute atomic E-state index is 0.111. The Kier molecular flexibility index (Phi) is 3.88. The lowest BCUT2D eigenvalue weighted by atomic mass is 9.98. The molecule has 0 amide bonds. The molecule has 2 N–H and O–H groups in total. The number of nitrogens with zero attached hydrogens (tertiary/aromatic N) is 1. The standard InChI is InChI=1S/C12H18N2O2/c1-4-6-12(2,3)14-10-5-7-13-8-9(10)11(15)16/h5,7-8H,4,6H2,1-3H3,(H,13,14)(H,15,16). The Morgan fingerprint density at radius 1 is 1.56 bits per heavy atom. The topological polar surface area (TPSA) is 62.2 Å². The largest absolute Gasteiger partial charge is 0.478 e. The Labute approximate surface area is 95.7 Å². The first kappa shape index (κ1) is 12.5. The molecule has 1 aromatic rings. The Balaban J connectivity index is 2.92. The number of pyridine rings is 1. The number of nitrogens with one attached hydrogen (secondary N) is 1. The minimum Gasteiger partial charge on any atom is -0.478 e. The van der Waals surface area contributed by atoms with E-state index in [1.165, 1.54) is 6.20 Å². The predicted octanol–water partition coefficient (Wildman–Crippen LogP) is 2.77. The number of aromatic nitrogens is 1. The van der Waals surface area contributed by atoms with Gasteiger partial charge < -0.3 is 10.4 Å². The van der Waals surface area contributed by atoms with E-state index >= 15 is 0 Å². The first-order valence-electron chi connectivity index (χ1n) is 5.42. The summed E-state index contributed by atoms with van der Waals surface area (Å²) in [5.41, 5.74) is 0.730. The van der Waals surface area contributed by atoms with Crippen LogP contribution in [0, 0.1) is 0 Å². The van der Waals surface area contributed by atoms with Crippen molar-refractivity contribution < 1.29 is 9.90 Å². The van der Waals surface area contributed by atoms with E-state index in [-0.39, 0.29) is 11.1 Å². The van der Waals surface area contributed by atoms with E-state index in [4.69, 9.17) is 5.11 Å². The Morgan fingerprint density at radius 3 is 2.81 bits per heavy atom. The number of anilines is 1. The van der Waals surface area contributed by atoms with Crippen molar-refractivity contribution in [3.63, 3.8) is 0 Å². The predicted molar refractivity (Wildman–Crippen MR) is 63.8 cm³/mol. The molecule has 0 radical (unpaired) electrons. The summed E-state index contributed by atoms with van der Waals surface area (Å²) in [6.45, 7) is 6.22. The molecule has 4 nitrogen and oxygen atoms in total. The summed E-state index contributed by atoms with van der Waals surface area (Å²) in [5, 5.41) is 12.3. The SMILES string of the molecule is CCCC(C)(C)Nc1ccncc1C(=O)O. The number of carboxylic acid groups (broad SMARTS) is 1. The van der Waals surface area contributed by atoms with E-state index < -0.39 is 5.97 Å². The van der Waals surface area contributed by atoms with Crippen molar-refractivity contribution in [3.8, 4) is 0 Å². The van der Waals surface area contributed by atoms with Crippen LogP contribution in [-0.2, 0) is 0 Å². The number of hydrogen-bond acceptors (Lipinski definition) is 3. The molecule has 0 saturated carbocycles. The third-order valence-electron chi connectivity index (χ3n) is 2.40. The molecule has 0 saturated heterocycles. The van der Waals surface area contributed by atoms with Gasteiger partial charge in [-0.15, -0.1) is 0 Å². The second kappa shape index (κ2) is 4.96. The van der Waals surface area contributed by atoms with Gasteiger partial charge in [0.2, 0.25) is 0 Å². The van der Waals surface area contributed by atoms with Crippen LogP contribution in [0.25, 0.3) is 0 Å². The van der Waals surface area contributed by atoms with Gasteiger partial charge in [0.25, 0.3) is 0 Å². The van der Waals surface area contributed by atoms with Crippen LogP contribution in [-0.4, -0.2) is 21.6 Å². The summed E-state index contributed by atoms with van der Waals surface area (Å²) in [5.74, 6) is -0.956. The lowest BCUT2D eigenvalue weighted by Crippen LogP contribution is -2.31. The summed E-state index contributed by atoms with van der Waals surface area (Å²) in [6, 6.07) is 1.70. The molecule has 0 aliphatic carbocycles. The Morgan fingerprint density at radius 2 is 2.25 bits per heavy atom. The summed E-state index contributed by atoms with van der Waals surface area (Å²) in [7, 11) is 0. The minimum atomic E-state index is -0.956. The fraction of sp³-hybridized carbons (Fsp3) is 0.500. The average Bonchev–Trinajstić information content (AvgIpc) is 2.17. The zero-order chi connectivity index (χ0) is 12.2. The van der Waals surface area contributed by atoms with Crippen LogP contribution in [0.4, 0.5) is 5.69 Å². The molecule has 1 heterocycles. The van der Waals surface area contributed by atoms with Gasteiger partial charge in [-0.3, -0.25) is 4.98 Å². The second-order valence-electron chi connectivity index (χ2n) is 4.49. The molecule has 1 rings (SSSR count). The molecular formula is C12H18N2O2. The van der Waals surface area contributed by atoms with Crippen LogP contribution in [0.15, 0.2) is 18.5 Å². The van der Waals surface area contributed by atoms with Gasteiger partial charge in [0.1, 0.15) is 5.56 Å². The van der Waals surface area contributed by atoms with Crippen molar-refractivity contribution in [2.45, 2.75) is 39.2 Å². The summed E-state index contributed by atoms with van der Waals surface area (Å²) in [6.07, 6.45) is 4.99. The highest BCUT2D eigenvalue weighted by molar-refractivity contribution is 5.93. The van der Waals surface area contributed by atoms with E-state index in [9.17, 15) is 4.79 Å². The van der Waals surface area contributed by atoms with Crippen molar-refractivity contribution in [1.82, 2.24) is 4.98 Å². The fourth-order valence-corrected chi connectivity index (χ4v) is 1.73. The van der Waals surface area contributed by atoms with Gasteiger partial charge in [-0.25, -0.2) is 4.79 Å². The highest BCUT2D eigenvalue weighted by Crippen LogP contribution is 2.22. The molecular weight excluding hydrogens is 204 g/mol. The maximum absolute atomic E-state index is 11.0. The number of rotatable bonds is 5. The van der Waals surface area contributed by atoms with Crippen molar-refractivity contribution in [2.75, 3.05) is 5.32 Å². The van der Waals surface area contributed by atoms with Gasteiger partial charge in [-0.1, -0.05) is 13.3 Å². The molecule has 0 fully saturated rings. The molecule has 0 bridgehead atoms. The van der Waals surface area contributed by atoms with Crippen LogP contribution >= 0.6 is 0 Å². The molecule has 0 spiro atoms. The maximum Gasteiger partial charge on any atom is 0.339 e. The van der Waals surface area contributed by atoms with Crippen LogP contribution in [0.2, 0.25) is 0 Å². The summed E-state index contributed by atoms with van der Waals surface area (Å²) < 4.78 is 0. The van der Waals surface area contributed by atoms with E-state index in [0.717, 1.165) is 12.8 Å². The highest BCUT2D eigenvalue weighted by Gasteiger charge is 2.19. The third kappa shape index (κ3) is 3.22. The molecule has 0 unspecified atom stereocenters. The lowest BCUT2D eigenvalue weighted by molar-refractivity contribution is 0.0697. The van der Waals surface area contributed by atoms with Crippen LogP contribution in [0.3, 0.4) is 0 Å². The van der Waals surface area contributed by atoms with Gasteiger partial charge in [-0.05, 0) is 26.3 Å². The van der Waals surface area contributed by atoms with Crippen molar-refractivity contribution >= 4 is 11.7 Å². The fourth-order valence-electron chi connectivity index (χ4n) is 1.73. The molecule has 0 aliphatic heterocycles. The van der Waals surface area contributed by atoms with E-state index in [2.05, 4.69) is 31.1 Å². The summed E-state index contributed by atoms with van der Waals surface area (Å²) >= 11 is 0. The van der Waals surface area contributed by atoms with Gasteiger partial charge in [0, 0.05) is 17.9 Å². The number of aromatic carboxylic acids is 1. The van der Waals surface area contributed by atoms with Gasteiger partial charge in [0.05, 0.1) is 5.69 Å². The molecule has 4 heteroatoms. The van der Waals surface area contributed by atoms with E-state index in [1.54, 1.807) is 12.3 Å². The van der Waals surface area contributed by atoms with Crippen LogP contribution < -0.4 is 5.32 Å². The molecule has 16 heavy (non-hydrogen) atoms. The molecule has 1 aromatic heterocycles. The average molecular weight is 222 g/mol. The molecule has 0 aliphatic rings. The van der Waals surface area contributed by atoms with Gasteiger partial charge in [0.15, 0.2) is 0 Å². The highest BCUT2D eigenvalue weighted by atomic mass is 16.4. The third-order valence-corrected chi connectivity index (χ3v) is 2.40. The smallest absolute Gasteiger partial charge is 0.339 e. The monoisotopic (exact) mass is 222 g/mol.